The number of methoxy groups -OCH3 is 2. The maximum Gasteiger partial charge on any atom is 0.194 e. The fraction of sp³-hybridized carbons (Fsp3) is 0.526. The molecule has 0 unspecified atom stereocenters. The van der Waals surface area contributed by atoms with Crippen LogP contribution in [0.2, 0.25) is 0 Å². The molecule has 0 amide bonds. The molecular formula is C19H31IN4O2. The summed E-state index contributed by atoms with van der Waals surface area (Å²) >= 11 is 0. The summed E-state index contributed by atoms with van der Waals surface area (Å²) in [6, 6.07) is 5.95. The maximum absolute atomic E-state index is 5.49. The van der Waals surface area contributed by atoms with Gasteiger partial charge in [-0.3, -0.25) is 4.90 Å². The van der Waals surface area contributed by atoms with Gasteiger partial charge in [0.1, 0.15) is 11.5 Å². The summed E-state index contributed by atoms with van der Waals surface area (Å²) < 4.78 is 10.8. The van der Waals surface area contributed by atoms with Crippen LogP contribution >= 0.6 is 24.0 Å². The quantitative estimate of drug-likeness (QED) is 0.285. The third kappa shape index (κ3) is 6.35. The molecule has 2 rings (SSSR count). The van der Waals surface area contributed by atoms with E-state index in [-0.39, 0.29) is 24.0 Å². The predicted molar refractivity (Wildman–Crippen MR) is 118 cm³/mol. The normalized spacial score (nSPS) is 15.2. The number of rotatable bonds is 7. The second-order valence-corrected chi connectivity index (χ2v) is 5.92. The monoisotopic (exact) mass is 474 g/mol. The van der Waals surface area contributed by atoms with Crippen LogP contribution in [0.5, 0.6) is 11.5 Å². The molecule has 0 bridgehead atoms. The Bertz CT molecular complexity index is 587. The van der Waals surface area contributed by atoms with Gasteiger partial charge in [0.15, 0.2) is 5.96 Å². The number of halogens is 1. The van der Waals surface area contributed by atoms with E-state index in [1.54, 1.807) is 14.2 Å². The lowest BCUT2D eigenvalue weighted by atomic mass is 10.1. The van der Waals surface area contributed by atoms with Crippen LogP contribution < -0.4 is 14.8 Å². The van der Waals surface area contributed by atoms with Gasteiger partial charge in [-0.05, 0) is 25.1 Å². The summed E-state index contributed by atoms with van der Waals surface area (Å²) in [4.78, 5) is 9.32. The van der Waals surface area contributed by atoms with Crippen LogP contribution in [0.1, 0.15) is 12.5 Å². The average molecular weight is 474 g/mol. The van der Waals surface area contributed by atoms with E-state index in [1.165, 1.54) is 0 Å². The molecule has 146 valence electrons. The average Bonchev–Trinajstić information content (AvgIpc) is 2.65. The summed E-state index contributed by atoms with van der Waals surface area (Å²) in [5.74, 6) is 2.74. The molecule has 1 N–H and O–H groups in total. The van der Waals surface area contributed by atoms with Gasteiger partial charge in [-0.15, -0.1) is 30.6 Å². The van der Waals surface area contributed by atoms with Crippen molar-refractivity contribution in [1.29, 1.82) is 0 Å². The molecule has 0 radical (unpaired) electrons. The Morgan fingerprint density at radius 2 is 1.96 bits per heavy atom. The molecule has 1 aliphatic rings. The largest absolute Gasteiger partial charge is 0.497 e. The van der Waals surface area contributed by atoms with Gasteiger partial charge in [0.2, 0.25) is 0 Å². The van der Waals surface area contributed by atoms with Gasteiger partial charge in [0.25, 0.3) is 0 Å². The van der Waals surface area contributed by atoms with Crippen molar-refractivity contribution in [2.75, 3.05) is 53.5 Å². The number of hydrogen-bond donors (Lipinski definition) is 1. The number of guanidine groups is 1. The van der Waals surface area contributed by atoms with Crippen molar-refractivity contribution in [2.45, 2.75) is 13.5 Å². The van der Waals surface area contributed by atoms with E-state index in [0.29, 0.717) is 6.54 Å². The molecule has 1 fully saturated rings. The number of nitrogens with zero attached hydrogens (tertiary/aromatic N) is 3. The molecule has 6 nitrogen and oxygen atoms in total. The minimum absolute atomic E-state index is 0. The fourth-order valence-electron chi connectivity index (χ4n) is 2.94. The van der Waals surface area contributed by atoms with Crippen LogP contribution in [-0.2, 0) is 6.54 Å². The molecule has 0 aromatic heterocycles. The first-order valence-electron chi connectivity index (χ1n) is 8.79. The highest BCUT2D eigenvalue weighted by atomic mass is 127. The van der Waals surface area contributed by atoms with Crippen LogP contribution in [0.15, 0.2) is 35.8 Å². The number of benzene rings is 1. The zero-order valence-corrected chi connectivity index (χ0v) is 18.4. The Balaban J connectivity index is 0.00000338. The lowest BCUT2D eigenvalue weighted by molar-refractivity contribution is 0.171. The van der Waals surface area contributed by atoms with E-state index in [4.69, 9.17) is 9.47 Å². The zero-order chi connectivity index (χ0) is 18.1. The number of hydrogen-bond acceptors (Lipinski definition) is 4. The smallest absolute Gasteiger partial charge is 0.194 e. The van der Waals surface area contributed by atoms with Gasteiger partial charge >= 0.3 is 0 Å². The van der Waals surface area contributed by atoms with Gasteiger partial charge in [0.05, 0.1) is 20.8 Å². The third-order valence-electron chi connectivity index (χ3n) is 4.26. The van der Waals surface area contributed by atoms with Crippen LogP contribution in [0.4, 0.5) is 0 Å². The molecule has 1 heterocycles. The molecular weight excluding hydrogens is 443 g/mol. The molecule has 26 heavy (non-hydrogen) atoms. The predicted octanol–water partition coefficient (Wildman–Crippen LogP) is 2.59. The Morgan fingerprint density at radius 3 is 2.54 bits per heavy atom. The second-order valence-electron chi connectivity index (χ2n) is 5.92. The summed E-state index contributed by atoms with van der Waals surface area (Å²) in [7, 11) is 3.40. The van der Waals surface area contributed by atoms with Crippen LogP contribution in [0.3, 0.4) is 0 Å². The molecule has 7 heteroatoms. The van der Waals surface area contributed by atoms with Crippen LogP contribution in [0, 0.1) is 0 Å². The van der Waals surface area contributed by atoms with Gasteiger partial charge in [0, 0.05) is 44.8 Å². The fourth-order valence-corrected chi connectivity index (χ4v) is 2.94. The summed E-state index contributed by atoms with van der Waals surface area (Å²) in [6.45, 7) is 12.1. The van der Waals surface area contributed by atoms with E-state index in [0.717, 1.165) is 62.3 Å². The Hall–Kier alpha value is -1.48. The van der Waals surface area contributed by atoms with Crippen molar-refractivity contribution in [3.63, 3.8) is 0 Å². The van der Waals surface area contributed by atoms with Crippen molar-refractivity contribution in [3.8, 4) is 11.5 Å². The maximum atomic E-state index is 5.49. The highest BCUT2D eigenvalue weighted by Gasteiger charge is 2.20. The van der Waals surface area contributed by atoms with E-state index in [9.17, 15) is 0 Å². The zero-order valence-electron chi connectivity index (χ0n) is 16.0. The van der Waals surface area contributed by atoms with E-state index >= 15 is 0 Å². The first kappa shape index (κ1) is 22.6. The lowest BCUT2D eigenvalue weighted by Crippen LogP contribution is -2.52. The minimum atomic E-state index is 0. The first-order chi connectivity index (χ1) is 12.2. The first-order valence-corrected chi connectivity index (χ1v) is 8.79. The van der Waals surface area contributed by atoms with Crippen molar-refractivity contribution < 1.29 is 9.47 Å². The van der Waals surface area contributed by atoms with E-state index in [1.807, 2.05) is 18.2 Å². The van der Waals surface area contributed by atoms with Crippen molar-refractivity contribution in [2.24, 2.45) is 4.99 Å². The van der Waals surface area contributed by atoms with Crippen LogP contribution in [-0.4, -0.2) is 69.2 Å². The van der Waals surface area contributed by atoms with Gasteiger partial charge < -0.3 is 19.7 Å². The molecule has 1 aliphatic heterocycles. The Labute approximate surface area is 174 Å². The summed E-state index contributed by atoms with van der Waals surface area (Å²) in [6.07, 6.45) is 1.82. The van der Waals surface area contributed by atoms with E-state index < -0.39 is 0 Å². The lowest BCUT2D eigenvalue weighted by Gasteiger charge is -2.36. The molecule has 0 spiro atoms. The molecule has 1 saturated heterocycles. The molecule has 0 saturated carbocycles. The van der Waals surface area contributed by atoms with Crippen LogP contribution in [0.25, 0.3) is 0 Å². The van der Waals surface area contributed by atoms with Crippen molar-refractivity contribution in [3.05, 3.63) is 36.4 Å². The number of nitrogens with one attached hydrogen (secondary N) is 1. The summed E-state index contributed by atoms with van der Waals surface area (Å²) in [5.41, 5.74) is 1.16. The summed E-state index contributed by atoms with van der Waals surface area (Å²) in [5, 5.41) is 3.36. The number of ether oxygens (including phenoxy) is 2. The molecule has 1 aromatic carbocycles. The standard InChI is InChI=1S/C19H30N4O2.HI/c1-5-9-21-19(20-6-2)23-12-10-22(11-13-23)15-16-14-17(24-3)7-8-18(16)25-4;/h5,7-8,14H,1,6,9-13,15H2,2-4H3,(H,20,21);1H. The van der Waals surface area contributed by atoms with E-state index in [2.05, 4.69) is 39.7 Å². The highest BCUT2D eigenvalue weighted by molar-refractivity contribution is 14.0. The Morgan fingerprint density at radius 1 is 1.23 bits per heavy atom. The number of aliphatic imine (C=N–C) groups is 1. The SMILES string of the molecule is C=CCN=C(NCC)N1CCN(Cc2cc(OC)ccc2OC)CC1.I. The van der Waals surface area contributed by atoms with Gasteiger partial charge in [-0.25, -0.2) is 4.99 Å². The van der Waals surface area contributed by atoms with Crippen molar-refractivity contribution in [1.82, 2.24) is 15.1 Å². The Kier molecular flexibility index (Phi) is 10.4. The molecule has 0 atom stereocenters. The number of piperazine rings is 1. The van der Waals surface area contributed by atoms with Gasteiger partial charge in [-0.1, -0.05) is 6.08 Å². The molecule has 1 aromatic rings. The third-order valence-corrected chi connectivity index (χ3v) is 4.26. The second kappa shape index (κ2) is 12.0. The van der Waals surface area contributed by atoms with Crippen molar-refractivity contribution >= 4 is 29.9 Å². The minimum Gasteiger partial charge on any atom is -0.497 e. The highest BCUT2D eigenvalue weighted by Crippen LogP contribution is 2.25. The van der Waals surface area contributed by atoms with Gasteiger partial charge in [-0.2, -0.15) is 0 Å². The topological polar surface area (TPSA) is 49.3 Å². The molecule has 0 aliphatic carbocycles.